The van der Waals surface area contributed by atoms with Crippen LogP contribution in [0.3, 0.4) is 0 Å². The first-order valence-corrected chi connectivity index (χ1v) is 5.43. The number of pyridine rings is 1. The third-order valence-electron chi connectivity index (χ3n) is 1.91. The molecule has 0 saturated carbocycles. The van der Waals surface area contributed by atoms with Crippen molar-refractivity contribution in [1.82, 2.24) is 4.98 Å². The zero-order valence-electron chi connectivity index (χ0n) is 8.84. The van der Waals surface area contributed by atoms with Gasteiger partial charge in [-0.05, 0) is 12.1 Å². The standard InChI is InChI=1S/C11H9NO2S.Na/c13-11(14)7-15-10-6-5-8-3-1-2-4-9(8)12-10;/h1-6H,7H2,(H,13,14);/q;+1/p-1. The number of thioether (sulfide) groups is 1. The van der Waals surface area contributed by atoms with Gasteiger partial charge in [-0.1, -0.05) is 24.3 Å². The van der Waals surface area contributed by atoms with E-state index in [1.54, 1.807) is 0 Å². The molecule has 1 aromatic carbocycles. The van der Waals surface area contributed by atoms with Gasteiger partial charge in [-0.15, -0.1) is 11.8 Å². The molecule has 0 aliphatic heterocycles. The first kappa shape index (κ1) is 13.5. The zero-order chi connectivity index (χ0) is 10.7. The summed E-state index contributed by atoms with van der Waals surface area (Å²) in [7, 11) is 0. The van der Waals surface area contributed by atoms with Crippen LogP contribution in [0.15, 0.2) is 41.4 Å². The number of benzene rings is 1. The van der Waals surface area contributed by atoms with E-state index in [0.29, 0.717) is 5.03 Å². The molecule has 5 heteroatoms. The number of hydrogen-bond acceptors (Lipinski definition) is 4. The third-order valence-corrected chi connectivity index (χ3v) is 2.81. The van der Waals surface area contributed by atoms with Crippen molar-refractivity contribution in [2.75, 3.05) is 5.75 Å². The molecular formula is C11H8NNaO2S. The van der Waals surface area contributed by atoms with Crippen LogP contribution in [-0.2, 0) is 4.79 Å². The molecule has 76 valence electrons. The van der Waals surface area contributed by atoms with Crippen molar-refractivity contribution in [1.29, 1.82) is 0 Å². The van der Waals surface area contributed by atoms with Crippen molar-refractivity contribution in [2.45, 2.75) is 5.03 Å². The van der Waals surface area contributed by atoms with Gasteiger partial charge in [-0.2, -0.15) is 0 Å². The van der Waals surface area contributed by atoms with E-state index in [4.69, 9.17) is 0 Å². The number of para-hydroxylation sites is 1. The number of hydrogen-bond donors (Lipinski definition) is 0. The Morgan fingerprint density at radius 2 is 2.00 bits per heavy atom. The molecule has 1 aromatic heterocycles. The third kappa shape index (κ3) is 3.49. The van der Waals surface area contributed by atoms with Gasteiger partial charge < -0.3 is 9.90 Å². The molecule has 0 aliphatic carbocycles. The van der Waals surface area contributed by atoms with Crippen molar-refractivity contribution in [3.8, 4) is 0 Å². The number of carboxylic acid groups (broad SMARTS) is 1. The van der Waals surface area contributed by atoms with Gasteiger partial charge in [0.2, 0.25) is 0 Å². The van der Waals surface area contributed by atoms with Crippen LogP contribution in [0.2, 0.25) is 0 Å². The smallest absolute Gasteiger partial charge is 0.549 e. The molecule has 0 bridgehead atoms. The molecule has 0 atom stereocenters. The maximum absolute atomic E-state index is 10.3. The van der Waals surface area contributed by atoms with Crippen molar-refractivity contribution in [3.63, 3.8) is 0 Å². The molecule has 3 nitrogen and oxygen atoms in total. The summed E-state index contributed by atoms with van der Waals surface area (Å²) in [4.78, 5) is 14.6. The molecule has 0 amide bonds. The summed E-state index contributed by atoms with van der Waals surface area (Å²) in [6.45, 7) is 0. The Morgan fingerprint density at radius 1 is 1.25 bits per heavy atom. The number of carboxylic acids is 1. The molecule has 1 heterocycles. The predicted molar refractivity (Wildman–Crippen MR) is 57.5 cm³/mol. The first-order valence-electron chi connectivity index (χ1n) is 4.44. The van der Waals surface area contributed by atoms with Crippen LogP contribution in [-0.4, -0.2) is 16.7 Å². The molecule has 2 aromatic rings. The van der Waals surface area contributed by atoms with Crippen LogP contribution < -0.4 is 34.7 Å². The van der Waals surface area contributed by atoms with E-state index in [9.17, 15) is 9.90 Å². The van der Waals surface area contributed by atoms with E-state index < -0.39 is 5.97 Å². The number of carbonyl (C=O) groups is 1. The van der Waals surface area contributed by atoms with Gasteiger partial charge in [-0.3, -0.25) is 0 Å². The second kappa shape index (κ2) is 6.25. The number of nitrogens with zero attached hydrogens (tertiary/aromatic N) is 1. The average molecular weight is 241 g/mol. The van der Waals surface area contributed by atoms with Crippen LogP contribution in [0, 0.1) is 0 Å². The molecule has 0 aliphatic rings. The number of rotatable bonds is 3. The summed E-state index contributed by atoms with van der Waals surface area (Å²) < 4.78 is 0. The SMILES string of the molecule is O=C([O-])CSc1ccc2ccccc2n1.[Na+]. The van der Waals surface area contributed by atoms with Crippen LogP contribution in [0.4, 0.5) is 0 Å². The molecule has 0 saturated heterocycles. The molecule has 0 fully saturated rings. The topological polar surface area (TPSA) is 53.0 Å². The van der Waals surface area contributed by atoms with Crippen LogP contribution in [0.1, 0.15) is 0 Å². The maximum atomic E-state index is 10.3. The molecule has 16 heavy (non-hydrogen) atoms. The Kier molecular flexibility index (Phi) is 5.28. The predicted octanol–water partition coefficient (Wildman–Crippen LogP) is -1.92. The quantitative estimate of drug-likeness (QED) is 0.464. The molecule has 2 rings (SSSR count). The second-order valence-corrected chi connectivity index (χ2v) is 4.00. The van der Waals surface area contributed by atoms with Gasteiger partial charge in [0.25, 0.3) is 0 Å². The summed E-state index contributed by atoms with van der Waals surface area (Å²) >= 11 is 1.17. The van der Waals surface area contributed by atoms with Crippen molar-refractivity contribution >= 4 is 28.6 Å². The fourth-order valence-electron chi connectivity index (χ4n) is 1.26. The van der Waals surface area contributed by atoms with Gasteiger partial charge in [0.15, 0.2) is 0 Å². The molecule has 0 unspecified atom stereocenters. The molecule has 0 N–H and O–H groups in total. The fourth-order valence-corrected chi connectivity index (χ4v) is 1.85. The fraction of sp³-hybridized carbons (Fsp3) is 0.0909. The van der Waals surface area contributed by atoms with Crippen molar-refractivity contribution < 1.29 is 39.5 Å². The van der Waals surface area contributed by atoms with E-state index in [1.807, 2.05) is 36.4 Å². The van der Waals surface area contributed by atoms with Gasteiger partial charge in [0.05, 0.1) is 16.5 Å². The number of aliphatic carboxylic acids is 1. The summed E-state index contributed by atoms with van der Waals surface area (Å²) in [5.74, 6) is -1.14. The van der Waals surface area contributed by atoms with Crippen LogP contribution in [0.25, 0.3) is 10.9 Å². The van der Waals surface area contributed by atoms with E-state index in [2.05, 4.69) is 4.98 Å². The van der Waals surface area contributed by atoms with Crippen molar-refractivity contribution in [3.05, 3.63) is 36.4 Å². The summed E-state index contributed by atoms with van der Waals surface area (Å²) in [5.41, 5.74) is 0.876. The Labute approximate surface area is 120 Å². The average Bonchev–Trinajstić information content (AvgIpc) is 2.26. The van der Waals surface area contributed by atoms with Crippen molar-refractivity contribution in [2.24, 2.45) is 0 Å². The largest absolute Gasteiger partial charge is 1.00 e. The Bertz CT molecular complexity index is 504. The maximum Gasteiger partial charge on any atom is 1.00 e. The molecule has 0 spiro atoms. The minimum Gasteiger partial charge on any atom is -0.549 e. The molecular weight excluding hydrogens is 233 g/mol. The van der Waals surface area contributed by atoms with E-state index in [-0.39, 0.29) is 35.3 Å². The van der Waals surface area contributed by atoms with Gasteiger partial charge >= 0.3 is 29.6 Å². The number of aromatic nitrogens is 1. The van der Waals surface area contributed by atoms with Crippen LogP contribution >= 0.6 is 11.8 Å². The number of carbonyl (C=O) groups excluding carboxylic acids is 1. The Balaban J connectivity index is 0.00000128. The normalized spacial score (nSPS) is 9.75. The van der Waals surface area contributed by atoms with Gasteiger partial charge in [-0.25, -0.2) is 4.98 Å². The summed E-state index contributed by atoms with van der Waals surface area (Å²) in [6, 6.07) is 11.5. The summed E-state index contributed by atoms with van der Waals surface area (Å²) in [5, 5.41) is 12.0. The summed E-state index contributed by atoms with van der Waals surface area (Å²) in [6.07, 6.45) is 0. The van der Waals surface area contributed by atoms with E-state index >= 15 is 0 Å². The van der Waals surface area contributed by atoms with E-state index in [1.165, 1.54) is 11.8 Å². The van der Waals surface area contributed by atoms with Gasteiger partial charge in [0.1, 0.15) is 0 Å². The Hall–Kier alpha value is -0.550. The Morgan fingerprint density at radius 3 is 2.75 bits per heavy atom. The van der Waals surface area contributed by atoms with Gasteiger partial charge in [0, 0.05) is 11.1 Å². The monoisotopic (exact) mass is 241 g/mol. The minimum atomic E-state index is -1.07. The van der Waals surface area contributed by atoms with Crippen LogP contribution in [0.5, 0.6) is 0 Å². The first-order chi connectivity index (χ1) is 7.25. The second-order valence-electron chi connectivity index (χ2n) is 3.00. The minimum absolute atomic E-state index is 0. The zero-order valence-corrected chi connectivity index (χ0v) is 11.7. The van der Waals surface area contributed by atoms with E-state index in [0.717, 1.165) is 10.9 Å². The number of fused-ring (bicyclic) bond motifs is 1. The molecule has 0 radical (unpaired) electrons.